The second kappa shape index (κ2) is 11.4. The molecule has 38 heavy (non-hydrogen) atoms. The van der Waals surface area contributed by atoms with Gasteiger partial charge in [0.25, 0.3) is 0 Å². The zero-order chi connectivity index (χ0) is 27.3. The zero-order valence-electron chi connectivity index (χ0n) is 22.4. The Hall–Kier alpha value is -4.24. The molecule has 1 aliphatic heterocycles. The fraction of sp³-hybridized carbons (Fsp3) is 0.312. The van der Waals surface area contributed by atoms with Crippen molar-refractivity contribution >= 4 is 5.97 Å². The molecule has 0 radical (unpaired) electrons. The van der Waals surface area contributed by atoms with Crippen LogP contribution in [0.4, 0.5) is 0 Å². The summed E-state index contributed by atoms with van der Waals surface area (Å²) in [5, 5.41) is 9.85. The highest BCUT2D eigenvalue weighted by Gasteiger charge is 2.31. The highest BCUT2D eigenvalue weighted by molar-refractivity contribution is 5.91. The molecule has 0 aromatic heterocycles. The number of nitrogens with zero attached hydrogens (tertiary/aromatic N) is 1. The smallest absolute Gasteiger partial charge is 0.343 e. The molecule has 0 spiro atoms. The summed E-state index contributed by atoms with van der Waals surface area (Å²) in [4.78, 5) is 12.8. The Labute approximate surface area is 224 Å². The molecular weight excluding hydrogens is 476 g/mol. The third-order valence-electron chi connectivity index (χ3n) is 6.62. The van der Waals surface area contributed by atoms with E-state index in [1.165, 1.54) is 0 Å². The topological polar surface area (TPSA) is 94.6 Å². The number of ether oxygens (including phenoxy) is 3. The quantitative estimate of drug-likeness (QED) is 0.199. The van der Waals surface area contributed by atoms with E-state index in [0.29, 0.717) is 29.2 Å². The van der Waals surface area contributed by atoms with E-state index in [0.717, 1.165) is 41.7 Å². The molecule has 3 aromatic carbocycles. The van der Waals surface area contributed by atoms with Gasteiger partial charge in [-0.05, 0) is 53.3 Å². The Bertz CT molecular complexity index is 1360. The van der Waals surface area contributed by atoms with Gasteiger partial charge in [-0.3, -0.25) is 0 Å². The molecule has 3 aromatic rings. The van der Waals surface area contributed by atoms with Crippen LogP contribution >= 0.6 is 0 Å². The van der Waals surface area contributed by atoms with Crippen molar-refractivity contribution in [2.24, 2.45) is 5.73 Å². The number of carbonyl (C=O) groups excluding carboxylic acids is 1. The van der Waals surface area contributed by atoms with Crippen molar-refractivity contribution in [2.75, 3.05) is 6.61 Å². The highest BCUT2D eigenvalue weighted by atomic mass is 16.5. The predicted molar refractivity (Wildman–Crippen MR) is 147 cm³/mol. The van der Waals surface area contributed by atoms with Crippen LogP contribution in [0.15, 0.2) is 78.2 Å². The van der Waals surface area contributed by atoms with Gasteiger partial charge in [0.2, 0.25) is 5.88 Å². The fourth-order valence-corrected chi connectivity index (χ4v) is 4.41. The molecule has 2 N–H and O–H groups in total. The van der Waals surface area contributed by atoms with Crippen LogP contribution in [0.25, 0.3) is 0 Å². The molecule has 0 fully saturated rings. The number of nitrogens with two attached hydrogens (primary N) is 1. The largest absolute Gasteiger partial charge is 0.494 e. The van der Waals surface area contributed by atoms with Crippen molar-refractivity contribution in [3.05, 3.63) is 100 Å². The summed E-state index contributed by atoms with van der Waals surface area (Å²) >= 11 is 0. The zero-order valence-corrected chi connectivity index (χ0v) is 22.4. The molecule has 0 amide bonds. The van der Waals surface area contributed by atoms with E-state index in [1.54, 1.807) is 24.3 Å². The summed E-state index contributed by atoms with van der Waals surface area (Å²) in [7, 11) is 0. The fourth-order valence-electron chi connectivity index (χ4n) is 4.41. The van der Waals surface area contributed by atoms with Gasteiger partial charge in [0.05, 0.1) is 18.1 Å². The van der Waals surface area contributed by atoms with E-state index in [-0.39, 0.29) is 11.3 Å². The molecule has 6 heteroatoms. The minimum absolute atomic E-state index is 0.00743. The highest BCUT2D eigenvalue weighted by Crippen LogP contribution is 2.43. The van der Waals surface area contributed by atoms with Crippen molar-refractivity contribution < 1.29 is 19.0 Å². The lowest BCUT2D eigenvalue weighted by Gasteiger charge is -2.27. The lowest BCUT2D eigenvalue weighted by atomic mass is 9.83. The Morgan fingerprint density at radius 3 is 2.32 bits per heavy atom. The van der Waals surface area contributed by atoms with E-state index in [9.17, 15) is 10.1 Å². The molecular formula is C32H34N2O4. The van der Waals surface area contributed by atoms with E-state index < -0.39 is 11.9 Å². The lowest BCUT2D eigenvalue weighted by Crippen LogP contribution is -2.21. The average molecular weight is 511 g/mol. The molecule has 0 saturated carbocycles. The molecule has 1 unspecified atom stereocenters. The van der Waals surface area contributed by atoms with Gasteiger partial charge in [-0.1, -0.05) is 70.9 Å². The van der Waals surface area contributed by atoms with Crippen LogP contribution in [0, 0.1) is 11.3 Å². The molecule has 0 aliphatic carbocycles. The van der Waals surface area contributed by atoms with E-state index >= 15 is 0 Å². The van der Waals surface area contributed by atoms with Gasteiger partial charge in [0, 0.05) is 11.6 Å². The molecule has 0 bridgehead atoms. The van der Waals surface area contributed by atoms with E-state index in [2.05, 4.69) is 33.8 Å². The Morgan fingerprint density at radius 1 is 1.00 bits per heavy atom. The normalized spacial score (nSPS) is 14.8. The van der Waals surface area contributed by atoms with Crippen LogP contribution < -0.4 is 19.9 Å². The van der Waals surface area contributed by atoms with Crippen molar-refractivity contribution in [1.29, 1.82) is 5.26 Å². The number of esters is 1. The van der Waals surface area contributed by atoms with Crippen LogP contribution in [0.5, 0.6) is 17.2 Å². The van der Waals surface area contributed by atoms with Crippen LogP contribution in [0.3, 0.4) is 0 Å². The number of carbonyl (C=O) groups is 1. The number of benzene rings is 3. The third-order valence-corrected chi connectivity index (χ3v) is 6.62. The number of fused-ring (bicyclic) bond motifs is 1. The first-order valence-electron chi connectivity index (χ1n) is 13.0. The average Bonchev–Trinajstić information content (AvgIpc) is 2.90. The van der Waals surface area contributed by atoms with Gasteiger partial charge < -0.3 is 19.9 Å². The van der Waals surface area contributed by atoms with Gasteiger partial charge in [0.15, 0.2) is 0 Å². The molecule has 1 heterocycles. The number of rotatable bonds is 8. The maximum atomic E-state index is 12.8. The minimum Gasteiger partial charge on any atom is -0.494 e. The molecule has 0 saturated heterocycles. The maximum Gasteiger partial charge on any atom is 0.343 e. The van der Waals surface area contributed by atoms with Crippen molar-refractivity contribution in [3.8, 4) is 23.3 Å². The Balaban J connectivity index is 1.55. The van der Waals surface area contributed by atoms with Crippen LogP contribution in [-0.2, 0) is 5.41 Å². The van der Waals surface area contributed by atoms with E-state index in [1.807, 2.05) is 42.5 Å². The number of unbranched alkanes of at least 4 members (excludes halogenated alkanes) is 2. The van der Waals surface area contributed by atoms with Crippen LogP contribution in [0.1, 0.15) is 79.9 Å². The SMILES string of the molecule is CCCCCOc1ccc(C2C(C#N)=C(N)Oc3cc(OC(=O)c4ccc(C(C)(C)C)cc4)ccc32)cc1. The summed E-state index contributed by atoms with van der Waals surface area (Å²) in [5.74, 6) is 0.717. The van der Waals surface area contributed by atoms with Crippen molar-refractivity contribution in [1.82, 2.24) is 0 Å². The summed E-state index contributed by atoms with van der Waals surface area (Å²) in [6.45, 7) is 9.19. The van der Waals surface area contributed by atoms with Gasteiger partial charge in [-0.15, -0.1) is 0 Å². The van der Waals surface area contributed by atoms with Gasteiger partial charge >= 0.3 is 5.97 Å². The van der Waals surface area contributed by atoms with Gasteiger partial charge in [-0.25, -0.2) is 4.79 Å². The van der Waals surface area contributed by atoms with Gasteiger partial charge in [-0.2, -0.15) is 5.26 Å². The molecule has 1 aliphatic rings. The number of hydrogen-bond donors (Lipinski definition) is 1. The van der Waals surface area contributed by atoms with Crippen LogP contribution in [-0.4, -0.2) is 12.6 Å². The predicted octanol–water partition coefficient (Wildman–Crippen LogP) is 6.99. The second-order valence-corrected chi connectivity index (χ2v) is 10.5. The first-order chi connectivity index (χ1) is 18.2. The van der Waals surface area contributed by atoms with Crippen molar-refractivity contribution in [3.63, 3.8) is 0 Å². The van der Waals surface area contributed by atoms with Gasteiger partial charge in [0.1, 0.15) is 28.9 Å². The molecule has 6 nitrogen and oxygen atoms in total. The first kappa shape index (κ1) is 26.8. The monoisotopic (exact) mass is 510 g/mol. The first-order valence-corrected chi connectivity index (χ1v) is 13.0. The summed E-state index contributed by atoms with van der Waals surface area (Å²) in [5.41, 5.74) is 9.72. The van der Waals surface area contributed by atoms with Crippen LogP contribution in [0.2, 0.25) is 0 Å². The summed E-state index contributed by atoms with van der Waals surface area (Å²) < 4.78 is 17.3. The minimum atomic E-state index is -0.464. The van der Waals surface area contributed by atoms with Crippen molar-refractivity contribution in [2.45, 2.75) is 58.3 Å². The molecule has 196 valence electrons. The Kier molecular flexibility index (Phi) is 8.07. The molecule has 4 rings (SSSR count). The summed E-state index contributed by atoms with van der Waals surface area (Å²) in [6.07, 6.45) is 3.29. The molecule has 1 atom stereocenters. The maximum absolute atomic E-state index is 12.8. The van der Waals surface area contributed by atoms with E-state index in [4.69, 9.17) is 19.9 Å². The number of hydrogen-bond acceptors (Lipinski definition) is 6. The third kappa shape index (κ3) is 6.00. The number of nitriles is 1. The standard InChI is InChI=1S/C32H34N2O4/c1-5-6-7-18-36-24-14-10-21(11-15-24)29-26-17-16-25(19-28(26)38-30(34)27(29)20-33)37-31(35)22-8-12-23(13-9-22)32(2,3)4/h8-17,19,29H,5-7,18,34H2,1-4H3. The summed E-state index contributed by atoms with van der Waals surface area (Å²) in [6, 6.07) is 22.5. The lowest BCUT2D eigenvalue weighted by molar-refractivity contribution is 0.0734. The number of allylic oxidation sites excluding steroid dienone is 1. The Morgan fingerprint density at radius 2 is 1.68 bits per heavy atom. The second-order valence-electron chi connectivity index (χ2n) is 10.5.